The molecule has 2 fully saturated rings. The lowest BCUT2D eigenvalue weighted by Gasteiger charge is -2.36. The van der Waals surface area contributed by atoms with Crippen molar-refractivity contribution < 1.29 is 9.53 Å². The van der Waals surface area contributed by atoms with Gasteiger partial charge in [-0.1, -0.05) is 30.3 Å². The Bertz CT molecular complexity index is 584. The van der Waals surface area contributed by atoms with Crippen molar-refractivity contribution in [2.75, 3.05) is 19.6 Å². The predicted molar refractivity (Wildman–Crippen MR) is 97.4 cm³/mol. The molecule has 3 rings (SSSR count). The van der Waals surface area contributed by atoms with Crippen molar-refractivity contribution in [1.29, 1.82) is 5.41 Å². The van der Waals surface area contributed by atoms with Gasteiger partial charge in [-0.05, 0) is 50.4 Å². The zero-order valence-corrected chi connectivity index (χ0v) is 14.6. The number of rotatable bonds is 5. The van der Waals surface area contributed by atoms with Crippen molar-refractivity contribution in [3.63, 3.8) is 0 Å². The summed E-state index contributed by atoms with van der Waals surface area (Å²) in [5, 5.41) is 11.8. The SMILES string of the molecule is N=C(C1CCN(Cc2ccccc2)CC1)C1CCNC(OC(N)=O)C1. The fourth-order valence-corrected chi connectivity index (χ4v) is 3.97. The molecule has 1 aromatic rings. The average molecular weight is 344 g/mol. The van der Waals surface area contributed by atoms with Crippen molar-refractivity contribution in [3.05, 3.63) is 35.9 Å². The molecule has 0 aromatic heterocycles. The van der Waals surface area contributed by atoms with Crippen LogP contribution in [0.4, 0.5) is 4.79 Å². The molecule has 1 amide bonds. The number of piperidine rings is 2. The highest BCUT2D eigenvalue weighted by atomic mass is 16.6. The molecule has 1 aromatic carbocycles. The van der Waals surface area contributed by atoms with E-state index in [0.29, 0.717) is 12.3 Å². The van der Waals surface area contributed by atoms with Gasteiger partial charge in [0.15, 0.2) is 6.23 Å². The van der Waals surface area contributed by atoms with E-state index in [0.717, 1.165) is 51.2 Å². The summed E-state index contributed by atoms with van der Waals surface area (Å²) in [6.45, 7) is 3.82. The number of nitrogens with one attached hydrogen (secondary N) is 2. The second-order valence-electron chi connectivity index (χ2n) is 7.09. The van der Waals surface area contributed by atoms with E-state index in [4.69, 9.17) is 15.9 Å². The third kappa shape index (κ3) is 5.03. The van der Waals surface area contributed by atoms with Gasteiger partial charge in [0.1, 0.15) is 0 Å². The lowest BCUT2D eigenvalue weighted by molar-refractivity contribution is 0.0596. The lowest BCUT2D eigenvalue weighted by atomic mass is 9.80. The molecule has 0 spiro atoms. The van der Waals surface area contributed by atoms with Gasteiger partial charge in [0.05, 0.1) is 0 Å². The Morgan fingerprint density at radius 1 is 1.20 bits per heavy atom. The van der Waals surface area contributed by atoms with Crippen LogP contribution in [-0.2, 0) is 11.3 Å². The van der Waals surface area contributed by atoms with E-state index in [1.807, 2.05) is 6.07 Å². The standard InChI is InChI=1S/C19H28N4O2/c20-18(16-6-9-22-17(12-16)25-19(21)24)15-7-10-23(11-8-15)13-14-4-2-1-3-5-14/h1-5,15-17,20,22H,6-13H2,(H2,21,24). The highest BCUT2D eigenvalue weighted by Gasteiger charge is 2.31. The number of primary amides is 1. The van der Waals surface area contributed by atoms with E-state index >= 15 is 0 Å². The molecule has 2 unspecified atom stereocenters. The van der Waals surface area contributed by atoms with Crippen LogP contribution in [-0.4, -0.2) is 42.6 Å². The zero-order chi connectivity index (χ0) is 17.6. The molecule has 0 aliphatic carbocycles. The van der Waals surface area contributed by atoms with Crippen LogP contribution in [0.3, 0.4) is 0 Å². The zero-order valence-electron chi connectivity index (χ0n) is 14.6. The van der Waals surface area contributed by atoms with Crippen LogP contribution in [0.1, 0.15) is 31.2 Å². The summed E-state index contributed by atoms with van der Waals surface area (Å²) < 4.78 is 5.07. The van der Waals surface area contributed by atoms with Crippen LogP contribution in [0.2, 0.25) is 0 Å². The van der Waals surface area contributed by atoms with E-state index in [9.17, 15) is 4.79 Å². The predicted octanol–water partition coefficient (Wildman–Crippen LogP) is 2.34. The summed E-state index contributed by atoms with van der Waals surface area (Å²) in [5.74, 6) is 0.542. The topological polar surface area (TPSA) is 91.4 Å². The van der Waals surface area contributed by atoms with Gasteiger partial charge in [-0.3, -0.25) is 10.2 Å². The number of carbonyl (C=O) groups excluding carboxylic acids is 1. The van der Waals surface area contributed by atoms with Gasteiger partial charge in [0, 0.05) is 24.6 Å². The van der Waals surface area contributed by atoms with Gasteiger partial charge in [-0.25, -0.2) is 4.79 Å². The van der Waals surface area contributed by atoms with Gasteiger partial charge in [0.2, 0.25) is 0 Å². The lowest BCUT2D eigenvalue weighted by Crippen LogP contribution is -2.46. The van der Waals surface area contributed by atoms with Crippen LogP contribution in [0.15, 0.2) is 30.3 Å². The van der Waals surface area contributed by atoms with Crippen molar-refractivity contribution in [2.45, 2.75) is 38.5 Å². The summed E-state index contributed by atoms with van der Waals surface area (Å²) in [5.41, 5.74) is 7.29. The summed E-state index contributed by atoms with van der Waals surface area (Å²) in [6.07, 6.45) is 2.57. The Hall–Kier alpha value is -1.92. The minimum absolute atomic E-state index is 0.191. The molecule has 2 atom stereocenters. The van der Waals surface area contributed by atoms with Crippen LogP contribution < -0.4 is 11.1 Å². The maximum atomic E-state index is 10.9. The number of nitrogens with two attached hydrogens (primary N) is 1. The maximum absolute atomic E-state index is 10.9. The first-order valence-corrected chi connectivity index (χ1v) is 9.16. The summed E-state index contributed by atoms with van der Waals surface area (Å²) in [4.78, 5) is 13.4. The quantitative estimate of drug-likeness (QED) is 0.715. The van der Waals surface area contributed by atoms with Crippen LogP contribution in [0.5, 0.6) is 0 Å². The van der Waals surface area contributed by atoms with Crippen molar-refractivity contribution in [1.82, 2.24) is 10.2 Å². The molecule has 25 heavy (non-hydrogen) atoms. The number of nitrogens with zero attached hydrogens (tertiary/aromatic N) is 1. The van der Waals surface area contributed by atoms with Crippen LogP contribution in [0.25, 0.3) is 0 Å². The minimum atomic E-state index is -0.751. The molecule has 6 heteroatoms. The maximum Gasteiger partial charge on any atom is 0.406 e. The fourth-order valence-electron chi connectivity index (χ4n) is 3.97. The summed E-state index contributed by atoms with van der Waals surface area (Å²) in [7, 11) is 0. The number of likely N-dealkylation sites (tertiary alicyclic amines) is 1. The monoisotopic (exact) mass is 344 g/mol. The molecular formula is C19H28N4O2. The fraction of sp³-hybridized carbons (Fsp3) is 0.579. The van der Waals surface area contributed by atoms with Gasteiger partial charge in [-0.2, -0.15) is 0 Å². The third-order valence-electron chi connectivity index (χ3n) is 5.34. The van der Waals surface area contributed by atoms with Crippen molar-refractivity contribution >= 4 is 11.8 Å². The first kappa shape index (κ1) is 17.9. The molecule has 6 nitrogen and oxygen atoms in total. The minimum Gasteiger partial charge on any atom is -0.431 e. The molecule has 0 saturated carbocycles. The first-order chi connectivity index (χ1) is 12.1. The molecule has 0 radical (unpaired) electrons. The Kier molecular flexibility index (Phi) is 6.04. The van der Waals surface area contributed by atoms with Gasteiger partial charge >= 0.3 is 6.09 Å². The molecule has 2 aliphatic heterocycles. The molecule has 2 saturated heterocycles. The number of hydrogen-bond donors (Lipinski definition) is 3. The van der Waals surface area contributed by atoms with E-state index in [1.54, 1.807) is 0 Å². The van der Waals surface area contributed by atoms with E-state index in [1.165, 1.54) is 5.56 Å². The second-order valence-corrected chi connectivity index (χ2v) is 7.09. The number of ether oxygens (including phenoxy) is 1. The molecule has 0 bridgehead atoms. The van der Waals surface area contributed by atoms with Gasteiger partial charge < -0.3 is 15.9 Å². The Morgan fingerprint density at radius 3 is 2.60 bits per heavy atom. The van der Waals surface area contributed by atoms with Gasteiger partial charge in [-0.15, -0.1) is 0 Å². The molecule has 2 heterocycles. The highest BCUT2D eigenvalue weighted by molar-refractivity contribution is 5.86. The molecule has 4 N–H and O–H groups in total. The Morgan fingerprint density at radius 2 is 1.92 bits per heavy atom. The number of hydrogen-bond acceptors (Lipinski definition) is 5. The third-order valence-corrected chi connectivity index (χ3v) is 5.34. The average Bonchev–Trinajstić information content (AvgIpc) is 2.62. The summed E-state index contributed by atoms with van der Waals surface area (Å²) in [6, 6.07) is 10.5. The second kappa shape index (κ2) is 8.45. The van der Waals surface area contributed by atoms with Gasteiger partial charge in [0.25, 0.3) is 0 Å². The Balaban J connectivity index is 1.47. The van der Waals surface area contributed by atoms with Crippen molar-refractivity contribution in [2.24, 2.45) is 17.6 Å². The van der Waals surface area contributed by atoms with Crippen LogP contribution in [0, 0.1) is 17.2 Å². The highest BCUT2D eigenvalue weighted by Crippen LogP contribution is 2.28. The number of carbonyl (C=O) groups is 1. The summed E-state index contributed by atoms with van der Waals surface area (Å²) >= 11 is 0. The number of benzene rings is 1. The first-order valence-electron chi connectivity index (χ1n) is 9.16. The largest absolute Gasteiger partial charge is 0.431 e. The normalized spacial score (nSPS) is 25.4. The van der Waals surface area contributed by atoms with Crippen LogP contribution >= 0.6 is 0 Å². The van der Waals surface area contributed by atoms with E-state index in [2.05, 4.69) is 34.5 Å². The van der Waals surface area contributed by atoms with Crippen molar-refractivity contribution in [3.8, 4) is 0 Å². The smallest absolute Gasteiger partial charge is 0.406 e. The molecule has 2 aliphatic rings. The Labute approximate surface area is 149 Å². The molecule has 136 valence electrons. The number of amides is 1. The van der Waals surface area contributed by atoms with E-state index < -0.39 is 6.09 Å². The van der Waals surface area contributed by atoms with E-state index in [-0.39, 0.29) is 12.1 Å². The molecular weight excluding hydrogens is 316 g/mol.